The van der Waals surface area contributed by atoms with Crippen molar-refractivity contribution in [2.75, 3.05) is 6.61 Å². The fraction of sp³-hybridized carbons (Fsp3) is 0.625. The molecule has 1 aliphatic carbocycles. The molecule has 1 aromatic carbocycles. The van der Waals surface area contributed by atoms with Gasteiger partial charge in [0.05, 0.1) is 24.6 Å². The summed E-state index contributed by atoms with van der Waals surface area (Å²) in [7, 11) is 0. The first-order valence-electron chi connectivity index (χ1n) is 12.3. The molecule has 6 atom stereocenters. The van der Waals surface area contributed by atoms with E-state index in [1.807, 2.05) is 0 Å². The molecule has 1 unspecified atom stereocenters. The molecular formula is C24H29F3N4O5. The van der Waals surface area contributed by atoms with Crippen LogP contribution in [0.4, 0.5) is 13.2 Å². The number of aliphatic hydroxyl groups excluding tert-OH is 3. The van der Waals surface area contributed by atoms with Crippen LogP contribution in [0.25, 0.3) is 11.3 Å². The van der Waals surface area contributed by atoms with E-state index in [1.54, 1.807) is 0 Å². The van der Waals surface area contributed by atoms with Crippen molar-refractivity contribution < 1.29 is 38.1 Å². The Morgan fingerprint density at radius 3 is 2.39 bits per heavy atom. The average Bonchev–Trinajstić information content (AvgIpc) is 3.55. The smallest absolute Gasteiger partial charge is 0.194 e. The molecule has 1 saturated heterocycles. The molecule has 196 valence electrons. The number of aromatic nitrogens is 3. The lowest BCUT2D eigenvalue weighted by atomic mass is 9.83. The zero-order chi connectivity index (χ0) is 25.4. The van der Waals surface area contributed by atoms with Crippen molar-refractivity contribution in [2.45, 2.75) is 81.5 Å². The largest absolute Gasteiger partial charge is 0.394 e. The van der Waals surface area contributed by atoms with E-state index in [0.29, 0.717) is 12.3 Å². The number of oxime groups is 1. The molecule has 3 N–H and O–H groups in total. The Morgan fingerprint density at radius 2 is 1.69 bits per heavy atom. The van der Waals surface area contributed by atoms with Crippen molar-refractivity contribution in [3.63, 3.8) is 0 Å². The highest BCUT2D eigenvalue weighted by atomic mass is 19.2. The van der Waals surface area contributed by atoms with E-state index >= 15 is 0 Å². The van der Waals surface area contributed by atoms with Crippen LogP contribution in [0.3, 0.4) is 0 Å². The fourth-order valence-corrected chi connectivity index (χ4v) is 5.48. The maximum atomic E-state index is 13.7. The van der Waals surface area contributed by atoms with E-state index in [0.717, 1.165) is 30.7 Å². The van der Waals surface area contributed by atoms with Gasteiger partial charge in [0, 0.05) is 18.4 Å². The van der Waals surface area contributed by atoms with Crippen LogP contribution >= 0.6 is 0 Å². The van der Waals surface area contributed by atoms with Crippen LogP contribution in [0, 0.1) is 23.4 Å². The molecule has 0 radical (unpaired) electrons. The molecule has 1 saturated carbocycles. The Bertz CT molecular complexity index is 1090. The molecule has 2 aromatic rings. The van der Waals surface area contributed by atoms with Crippen molar-refractivity contribution >= 4 is 5.71 Å². The van der Waals surface area contributed by atoms with E-state index in [4.69, 9.17) is 9.57 Å². The van der Waals surface area contributed by atoms with Gasteiger partial charge in [-0.15, -0.1) is 5.10 Å². The minimum absolute atomic E-state index is 0.00503. The summed E-state index contributed by atoms with van der Waals surface area (Å²) < 4.78 is 47.7. The number of benzene rings is 1. The third-order valence-electron chi connectivity index (χ3n) is 7.45. The second kappa shape index (κ2) is 10.4. The summed E-state index contributed by atoms with van der Waals surface area (Å²) in [5.41, 5.74) is 0.688. The lowest BCUT2D eigenvalue weighted by Crippen LogP contribution is -2.56. The standard InChI is InChI=1S/C24H29F3N4O5/c25-15-6-13(7-16(26)21(15)27)17-10-31(30-28-17)22-23(33)19(35-20(11-32)24(22)34)9-14-8-18(36-29-14)12-4-2-1-3-5-12/h6-7,10,12,18-20,22-24,32-34H,1-5,8-9,11H2/t18?,19-,20-,22-,23+,24+/m1/s1. The molecule has 0 bridgehead atoms. The third kappa shape index (κ3) is 4.86. The molecule has 2 aliphatic heterocycles. The Labute approximate surface area is 205 Å². The van der Waals surface area contributed by atoms with Crippen molar-refractivity contribution in [3.8, 4) is 11.3 Å². The molecular weight excluding hydrogens is 481 g/mol. The first kappa shape index (κ1) is 25.1. The zero-order valence-electron chi connectivity index (χ0n) is 19.5. The fourth-order valence-electron chi connectivity index (χ4n) is 5.48. The summed E-state index contributed by atoms with van der Waals surface area (Å²) in [6.07, 6.45) is 3.50. The van der Waals surface area contributed by atoms with Gasteiger partial charge in [-0.1, -0.05) is 29.6 Å². The normalized spacial score (nSPS) is 31.3. The Kier molecular flexibility index (Phi) is 7.29. The summed E-state index contributed by atoms with van der Waals surface area (Å²) in [6, 6.07) is 0.489. The van der Waals surface area contributed by atoms with Gasteiger partial charge in [-0.05, 0) is 30.9 Å². The second-order valence-corrected chi connectivity index (χ2v) is 9.81. The highest BCUT2D eigenvalue weighted by Crippen LogP contribution is 2.36. The molecule has 5 rings (SSSR count). The van der Waals surface area contributed by atoms with Gasteiger partial charge in [0.1, 0.15) is 36.2 Å². The van der Waals surface area contributed by atoms with Gasteiger partial charge in [0.2, 0.25) is 0 Å². The number of aliphatic hydroxyl groups is 3. The van der Waals surface area contributed by atoms with Gasteiger partial charge >= 0.3 is 0 Å². The van der Waals surface area contributed by atoms with Gasteiger partial charge in [-0.2, -0.15) is 0 Å². The van der Waals surface area contributed by atoms with E-state index in [2.05, 4.69) is 15.5 Å². The van der Waals surface area contributed by atoms with Gasteiger partial charge in [0.15, 0.2) is 17.5 Å². The maximum absolute atomic E-state index is 13.7. The SMILES string of the molecule is OC[C@H]1O[C@H](CC2=NOC(C3CCCCC3)C2)[C@H](O)[C@@H](n2cc(-c3cc(F)c(F)c(F)c3)nn2)[C@H]1O. The van der Waals surface area contributed by atoms with Crippen LogP contribution in [0.5, 0.6) is 0 Å². The lowest BCUT2D eigenvalue weighted by molar-refractivity contribution is -0.203. The number of hydrogen-bond acceptors (Lipinski definition) is 8. The van der Waals surface area contributed by atoms with E-state index in [-0.39, 0.29) is 23.8 Å². The molecule has 2 fully saturated rings. The van der Waals surface area contributed by atoms with Gasteiger partial charge in [-0.3, -0.25) is 0 Å². The third-order valence-corrected chi connectivity index (χ3v) is 7.45. The Balaban J connectivity index is 1.32. The topological polar surface area (TPSA) is 122 Å². The first-order chi connectivity index (χ1) is 17.4. The lowest BCUT2D eigenvalue weighted by Gasteiger charge is -2.42. The summed E-state index contributed by atoms with van der Waals surface area (Å²) in [5, 5.41) is 43.7. The number of hydrogen-bond donors (Lipinski definition) is 3. The first-order valence-corrected chi connectivity index (χ1v) is 12.3. The monoisotopic (exact) mass is 510 g/mol. The highest BCUT2D eigenvalue weighted by molar-refractivity contribution is 5.86. The van der Waals surface area contributed by atoms with Gasteiger partial charge in [0.25, 0.3) is 0 Å². The molecule has 9 nitrogen and oxygen atoms in total. The Morgan fingerprint density at radius 1 is 1.00 bits per heavy atom. The summed E-state index contributed by atoms with van der Waals surface area (Å²) in [4.78, 5) is 5.68. The van der Waals surface area contributed by atoms with Crippen LogP contribution in [0.1, 0.15) is 51.0 Å². The molecule has 0 amide bonds. The summed E-state index contributed by atoms with van der Waals surface area (Å²) >= 11 is 0. The second-order valence-electron chi connectivity index (χ2n) is 9.81. The maximum Gasteiger partial charge on any atom is 0.194 e. The number of rotatable bonds is 6. The number of ether oxygens (including phenoxy) is 1. The van der Waals surface area contributed by atoms with Crippen molar-refractivity contribution in [3.05, 3.63) is 35.8 Å². The van der Waals surface area contributed by atoms with E-state index < -0.39 is 54.5 Å². The quantitative estimate of drug-likeness (QED) is 0.511. The predicted molar refractivity (Wildman–Crippen MR) is 120 cm³/mol. The molecule has 12 heteroatoms. The zero-order valence-corrected chi connectivity index (χ0v) is 19.5. The number of nitrogens with zero attached hydrogens (tertiary/aromatic N) is 4. The average molecular weight is 511 g/mol. The molecule has 3 aliphatic rings. The van der Waals surface area contributed by atoms with Crippen LogP contribution < -0.4 is 0 Å². The summed E-state index contributed by atoms with van der Waals surface area (Å²) in [6.45, 7) is -0.509. The van der Waals surface area contributed by atoms with Crippen LogP contribution in [-0.2, 0) is 9.57 Å². The summed E-state index contributed by atoms with van der Waals surface area (Å²) in [5.74, 6) is -3.90. The minimum atomic E-state index is -1.60. The van der Waals surface area contributed by atoms with Crippen LogP contribution in [0.15, 0.2) is 23.5 Å². The molecule has 0 spiro atoms. The van der Waals surface area contributed by atoms with Gasteiger partial charge in [-0.25, -0.2) is 17.9 Å². The highest BCUT2D eigenvalue weighted by Gasteiger charge is 2.47. The van der Waals surface area contributed by atoms with Gasteiger partial charge < -0.3 is 24.9 Å². The van der Waals surface area contributed by atoms with Crippen molar-refractivity contribution in [1.82, 2.24) is 15.0 Å². The van der Waals surface area contributed by atoms with E-state index in [9.17, 15) is 28.5 Å². The van der Waals surface area contributed by atoms with Crippen molar-refractivity contribution in [2.24, 2.45) is 11.1 Å². The minimum Gasteiger partial charge on any atom is -0.394 e. The molecule has 1 aromatic heterocycles. The molecule has 3 heterocycles. The number of halogens is 3. The van der Waals surface area contributed by atoms with Crippen LogP contribution in [-0.4, -0.2) is 73.2 Å². The Hall–Kier alpha value is -2.54. The van der Waals surface area contributed by atoms with Crippen molar-refractivity contribution in [1.29, 1.82) is 0 Å². The van der Waals surface area contributed by atoms with Crippen LogP contribution in [0.2, 0.25) is 0 Å². The van der Waals surface area contributed by atoms with E-state index in [1.165, 1.54) is 30.1 Å². The molecule has 36 heavy (non-hydrogen) atoms. The predicted octanol–water partition coefficient (Wildman–Crippen LogP) is 2.50.